The summed E-state index contributed by atoms with van der Waals surface area (Å²) < 4.78 is 55.2. The van der Waals surface area contributed by atoms with E-state index in [0.717, 1.165) is 16.7 Å². The van der Waals surface area contributed by atoms with Crippen LogP contribution in [0, 0.1) is 19.7 Å². The van der Waals surface area contributed by atoms with E-state index in [9.17, 15) is 17.6 Å². The van der Waals surface area contributed by atoms with Crippen LogP contribution >= 0.6 is 0 Å². The molecule has 2 heterocycles. The predicted molar refractivity (Wildman–Crippen MR) is 180 cm³/mol. The Morgan fingerprint density at radius 1 is 0.872 bits per heavy atom. The Morgan fingerprint density at radius 3 is 2.19 bits per heavy atom. The fourth-order valence-corrected chi connectivity index (χ4v) is 7.31. The third kappa shape index (κ3) is 5.79. The second kappa shape index (κ2) is 12.5. The fraction of sp³-hybridized carbons (Fsp3) is 0.167. The van der Waals surface area contributed by atoms with E-state index in [0.29, 0.717) is 45.6 Å². The number of fused-ring (bicyclic) bond motifs is 2. The van der Waals surface area contributed by atoms with Crippen molar-refractivity contribution in [2.24, 2.45) is 5.73 Å². The number of amides is 1. The first-order chi connectivity index (χ1) is 22.5. The van der Waals surface area contributed by atoms with Crippen LogP contribution in [0.2, 0.25) is 0 Å². The summed E-state index contributed by atoms with van der Waals surface area (Å²) in [6, 6.07) is 23.0. The van der Waals surface area contributed by atoms with Crippen molar-refractivity contribution in [3.63, 3.8) is 0 Å². The van der Waals surface area contributed by atoms with Crippen molar-refractivity contribution < 1.29 is 27.1 Å². The van der Waals surface area contributed by atoms with Crippen LogP contribution in [-0.4, -0.2) is 37.5 Å². The van der Waals surface area contributed by atoms with Gasteiger partial charge in [0.05, 0.1) is 41.4 Å². The van der Waals surface area contributed by atoms with Gasteiger partial charge in [0.1, 0.15) is 5.82 Å². The van der Waals surface area contributed by atoms with Crippen molar-refractivity contribution in [1.82, 2.24) is 14.3 Å². The van der Waals surface area contributed by atoms with Crippen molar-refractivity contribution in [3.8, 4) is 22.8 Å². The summed E-state index contributed by atoms with van der Waals surface area (Å²) in [5.41, 5.74) is 10.4. The van der Waals surface area contributed by atoms with Gasteiger partial charge < -0.3 is 20.5 Å². The van der Waals surface area contributed by atoms with Crippen molar-refractivity contribution in [2.45, 2.75) is 31.8 Å². The molecule has 0 saturated carbocycles. The minimum atomic E-state index is -4.10. The molecule has 0 unspecified atom stereocenters. The molecular formula is C36H33FN4O5S. The monoisotopic (exact) mass is 652 g/mol. The number of nitrogens with one attached hydrogen (secondary N) is 1. The minimum Gasteiger partial charge on any atom is -0.493 e. The molecule has 0 aliphatic carbocycles. The zero-order valence-electron chi connectivity index (χ0n) is 26.3. The maximum atomic E-state index is 14.8. The molecule has 4 aromatic carbocycles. The van der Waals surface area contributed by atoms with Crippen molar-refractivity contribution in [1.29, 1.82) is 0 Å². The molecular weight excluding hydrogens is 619 g/mol. The first-order valence-electron chi connectivity index (χ1n) is 14.8. The van der Waals surface area contributed by atoms with Gasteiger partial charge >= 0.3 is 0 Å². The molecule has 240 valence electrons. The Balaban J connectivity index is 1.56. The Hall–Kier alpha value is -5.26. The van der Waals surface area contributed by atoms with E-state index in [1.807, 2.05) is 31.2 Å². The predicted octanol–water partition coefficient (Wildman–Crippen LogP) is 6.26. The number of carbonyl (C=O) groups excluding carboxylic acids is 1. The Morgan fingerprint density at radius 2 is 1.53 bits per heavy atom. The first-order valence-corrected chi connectivity index (χ1v) is 16.3. The summed E-state index contributed by atoms with van der Waals surface area (Å²) in [5, 5.41) is 3.79. The number of ether oxygens (including phenoxy) is 2. The maximum absolute atomic E-state index is 14.8. The molecule has 0 fully saturated rings. The number of hydrogen-bond donors (Lipinski definition) is 2. The first kappa shape index (κ1) is 31.7. The Labute approximate surface area is 271 Å². The van der Waals surface area contributed by atoms with Gasteiger partial charge in [0.15, 0.2) is 11.5 Å². The van der Waals surface area contributed by atoms with Crippen LogP contribution in [0.1, 0.15) is 32.7 Å². The molecule has 1 amide bonds. The molecule has 0 radical (unpaired) electrons. The highest BCUT2D eigenvalue weighted by Crippen LogP contribution is 2.40. The SMILES string of the molecule is COc1cc2nc(-c3c(C)n(S(=O)(=O)c4ccc(C)cc4)c4ccc(F)cc34)cc(C(=O)NCc3ccc(CN)cc3)c2cc1OC. The van der Waals surface area contributed by atoms with E-state index >= 15 is 0 Å². The zero-order valence-corrected chi connectivity index (χ0v) is 27.1. The van der Waals surface area contributed by atoms with Crippen LogP contribution in [0.4, 0.5) is 4.39 Å². The summed E-state index contributed by atoms with van der Waals surface area (Å²) in [4.78, 5) is 18.8. The molecule has 2 aromatic heterocycles. The maximum Gasteiger partial charge on any atom is 0.268 e. The molecule has 6 rings (SSSR count). The van der Waals surface area contributed by atoms with Crippen LogP contribution < -0.4 is 20.5 Å². The quantitative estimate of drug-likeness (QED) is 0.189. The highest BCUT2D eigenvalue weighted by molar-refractivity contribution is 7.90. The van der Waals surface area contributed by atoms with Crippen molar-refractivity contribution >= 4 is 37.7 Å². The molecule has 0 saturated heterocycles. The fourth-order valence-electron chi connectivity index (χ4n) is 5.75. The number of hydrogen-bond acceptors (Lipinski definition) is 7. The highest BCUT2D eigenvalue weighted by atomic mass is 32.2. The molecule has 0 atom stereocenters. The number of halogens is 1. The molecule has 0 bridgehead atoms. The molecule has 3 N–H and O–H groups in total. The number of methoxy groups -OCH3 is 2. The lowest BCUT2D eigenvalue weighted by Crippen LogP contribution is -2.23. The van der Waals surface area contributed by atoms with Gasteiger partial charge in [-0.2, -0.15) is 0 Å². The standard InChI is InChI=1S/C36H33FN4O5S/c1-21-5-12-26(13-6-21)47(43,44)41-22(2)35(29-15-25(37)11-14-32(29)41)31-16-28(27-17-33(45-3)34(46-4)18-30(27)40-31)36(42)39-20-24-9-7-23(19-38)8-10-24/h5-18H,19-20,38H2,1-4H3,(H,39,42). The van der Waals surface area contributed by atoms with Gasteiger partial charge in [0, 0.05) is 41.2 Å². The van der Waals surface area contributed by atoms with Gasteiger partial charge in [-0.15, -0.1) is 0 Å². The van der Waals surface area contributed by atoms with Gasteiger partial charge in [0.25, 0.3) is 15.9 Å². The summed E-state index contributed by atoms with van der Waals surface area (Å²) in [6.07, 6.45) is 0. The molecule has 47 heavy (non-hydrogen) atoms. The molecule has 9 nitrogen and oxygen atoms in total. The smallest absolute Gasteiger partial charge is 0.268 e. The summed E-state index contributed by atoms with van der Waals surface area (Å²) in [5.74, 6) is -0.147. The third-order valence-electron chi connectivity index (χ3n) is 8.20. The average Bonchev–Trinajstić information content (AvgIpc) is 3.37. The lowest BCUT2D eigenvalue weighted by Gasteiger charge is -2.14. The summed E-state index contributed by atoms with van der Waals surface area (Å²) in [7, 11) is -1.11. The Kier molecular flexibility index (Phi) is 8.43. The lowest BCUT2D eigenvalue weighted by atomic mass is 10.0. The van der Waals surface area contributed by atoms with Crippen LogP contribution in [0.3, 0.4) is 0 Å². The van der Waals surface area contributed by atoms with E-state index in [2.05, 4.69) is 5.32 Å². The van der Waals surface area contributed by atoms with Gasteiger partial charge in [-0.3, -0.25) is 4.79 Å². The number of pyridine rings is 1. The van der Waals surface area contributed by atoms with Crippen LogP contribution in [-0.2, 0) is 23.1 Å². The Bertz CT molecular complexity index is 2260. The average molecular weight is 653 g/mol. The van der Waals surface area contributed by atoms with Gasteiger partial charge in [-0.1, -0.05) is 42.0 Å². The summed E-state index contributed by atoms with van der Waals surface area (Å²) >= 11 is 0. The van der Waals surface area contributed by atoms with Crippen molar-refractivity contribution in [2.75, 3.05) is 14.2 Å². The minimum absolute atomic E-state index is 0.0850. The molecule has 0 aliphatic rings. The second-order valence-electron chi connectivity index (χ2n) is 11.2. The third-order valence-corrected chi connectivity index (χ3v) is 10.0. The second-order valence-corrected chi connectivity index (χ2v) is 13.0. The van der Waals surface area contributed by atoms with E-state index < -0.39 is 21.7 Å². The van der Waals surface area contributed by atoms with Crippen LogP contribution in [0.15, 0.2) is 89.8 Å². The number of rotatable bonds is 9. The topological polar surface area (TPSA) is 126 Å². The number of nitrogens with two attached hydrogens (primary N) is 1. The van der Waals surface area contributed by atoms with Gasteiger partial charge in [-0.05, 0) is 67.4 Å². The van der Waals surface area contributed by atoms with E-state index in [-0.39, 0.29) is 28.2 Å². The lowest BCUT2D eigenvalue weighted by molar-refractivity contribution is 0.0952. The molecule has 0 aliphatic heterocycles. The number of carbonyl (C=O) groups is 1. The number of benzene rings is 4. The molecule has 11 heteroatoms. The molecule has 0 spiro atoms. The molecule has 6 aromatic rings. The normalized spacial score (nSPS) is 11.6. The largest absolute Gasteiger partial charge is 0.493 e. The van der Waals surface area contributed by atoms with Crippen LogP contribution in [0.25, 0.3) is 33.1 Å². The van der Waals surface area contributed by atoms with E-state index in [1.165, 1.54) is 36.4 Å². The van der Waals surface area contributed by atoms with Crippen molar-refractivity contribution in [3.05, 3.63) is 119 Å². The zero-order chi connectivity index (χ0) is 33.5. The summed E-state index contributed by atoms with van der Waals surface area (Å²) in [6.45, 7) is 4.17. The van der Waals surface area contributed by atoms with Crippen LogP contribution in [0.5, 0.6) is 11.5 Å². The van der Waals surface area contributed by atoms with E-state index in [4.69, 9.17) is 20.2 Å². The number of aromatic nitrogens is 2. The number of nitrogens with zero attached hydrogens (tertiary/aromatic N) is 2. The highest BCUT2D eigenvalue weighted by Gasteiger charge is 2.28. The van der Waals surface area contributed by atoms with Gasteiger partial charge in [-0.25, -0.2) is 21.8 Å². The van der Waals surface area contributed by atoms with Gasteiger partial charge in [0.2, 0.25) is 0 Å². The van der Waals surface area contributed by atoms with E-state index in [1.54, 1.807) is 49.4 Å². The number of aryl methyl sites for hydroxylation is 1.